The zero-order valence-corrected chi connectivity index (χ0v) is 9.73. The smallest absolute Gasteiger partial charge is 0.304 e. The summed E-state index contributed by atoms with van der Waals surface area (Å²) in [5.41, 5.74) is 0.763. The summed E-state index contributed by atoms with van der Waals surface area (Å²) in [6.07, 6.45) is 3.13. The van der Waals surface area contributed by atoms with Crippen molar-refractivity contribution in [2.24, 2.45) is 0 Å². The van der Waals surface area contributed by atoms with Gasteiger partial charge in [-0.3, -0.25) is 9.59 Å². The molecule has 88 valence electrons. The number of amides is 1. The molecule has 1 amide bonds. The highest BCUT2D eigenvalue weighted by atomic mass is 32.1. The van der Waals surface area contributed by atoms with Gasteiger partial charge in [-0.1, -0.05) is 17.8 Å². The Hall–Kier alpha value is -1.14. The standard InChI is InChI=1S/C10H15N3O2S/c14-9(8-3-1-2-4-11-8)12-5-7-6-16-10(15)13-7/h6,8,11H,1-5H2,(H,12,14)(H,13,15)/t8-/m1/s1. The van der Waals surface area contributed by atoms with E-state index in [4.69, 9.17) is 0 Å². The summed E-state index contributed by atoms with van der Waals surface area (Å²) in [4.78, 5) is 25.2. The van der Waals surface area contributed by atoms with Crippen LogP contribution in [0, 0.1) is 0 Å². The minimum Gasteiger partial charge on any atom is -0.349 e. The molecule has 0 unspecified atom stereocenters. The van der Waals surface area contributed by atoms with Crippen molar-refractivity contribution in [2.45, 2.75) is 31.8 Å². The van der Waals surface area contributed by atoms with Crippen molar-refractivity contribution >= 4 is 17.2 Å². The maximum atomic E-state index is 11.7. The van der Waals surface area contributed by atoms with E-state index in [-0.39, 0.29) is 16.8 Å². The van der Waals surface area contributed by atoms with Gasteiger partial charge in [0.05, 0.1) is 12.6 Å². The molecule has 0 bridgehead atoms. The second-order valence-electron chi connectivity index (χ2n) is 3.89. The van der Waals surface area contributed by atoms with Crippen molar-refractivity contribution in [3.05, 3.63) is 20.7 Å². The quantitative estimate of drug-likeness (QED) is 0.707. The van der Waals surface area contributed by atoms with Gasteiger partial charge >= 0.3 is 4.87 Å². The first kappa shape index (κ1) is 11.3. The number of thiazole rings is 1. The predicted octanol–water partition coefficient (Wildman–Crippen LogP) is 0.195. The molecule has 2 rings (SSSR count). The predicted molar refractivity (Wildman–Crippen MR) is 62.4 cm³/mol. The van der Waals surface area contributed by atoms with Crippen LogP contribution < -0.4 is 15.5 Å². The molecule has 1 aromatic rings. The van der Waals surface area contributed by atoms with E-state index in [1.54, 1.807) is 5.38 Å². The highest BCUT2D eigenvalue weighted by molar-refractivity contribution is 7.07. The number of hydrogen-bond acceptors (Lipinski definition) is 4. The number of aromatic nitrogens is 1. The first-order valence-corrected chi connectivity index (χ1v) is 6.31. The largest absolute Gasteiger partial charge is 0.349 e. The second-order valence-corrected chi connectivity index (χ2v) is 4.74. The lowest BCUT2D eigenvalue weighted by Gasteiger charge is -2.22. The van der Waals surface area contributed by atoms with E-state index in [1.807, 2.05) is 0 Å². The van der Waals surface area contributed by atoms with Crippen LogP contribution >= 0.6 is 11.3 Å². The monoisotopic (exact) mass is 241 g/mol. The molecule has 16 heavy (non-hydrogen) atoms. The lowest BCUT2D eigenvalue weighted by Crippen LogP contribution is -2.46. The summed E-state index contributed by atoms with van der Waals surface area (Å²) in [7, 11) is 0. The van der Waals surface area contributed by atoms with Crippen LogP contribution in [0.25, 0.3) is 0 Å². The number of H-pyrrole nitrogens is 1. The molecule has 0 saturated carbocycles. The second kappa shape index (κ2) is 5.27. The maximum absolute atomic E-state index is 11.7. The molecular formula is C10H15N3O2S. The summed E-state index contributed by atoms with van der Waals surface area (Å²) < 4.78 is 0. The topological polar surface area (TPSA) is 74.0 Å². The van der Waals surface area contributed by atoms with E-state index in [9.17, 15) is 9.59 Å². The molecule has 3 N–H and O–H groups in total. The van der Waals surface area contributed by atoms with Gasteiger partial charge in [0.1, 0.15) is 0 Å². The third-order valence-corrected chi connectivity index (χ3v) is 3.37. The van der Waals surface area contributed by atoms with Crippen LogP contribution in [-0.4, -0.2) is 23.5 Å². The van der Waals surface area contributed by atoms with Crippen molar-refractivity contribution in [1.29, 1.82) is 0 Å². The number of piperidine rings is 1. The third-order valence-electron chi connectivity index (χ3n) is 2.65. The molecule has 1 fully saturated rings. The summed E-state index contributed by atoms with van der Waals surface area (Å²) in [6, 6.07) is -0.0703. The van der Waals surface area contributed by atoms with E-state index in [0.29, 0.717) is 6.54 Å². The SMILES string of the molecule is O=C(NCc1csc(=O)[nH]1)[C@H]1CCCCN1. The van der Waals surface area contributed by atoms with Crippen LogP contribution in [0.5, 0.6) is 0 Å². The number of aromatic amines is 1. The van der Waals surface area contributed by atoms with E-state index >= 15 is 0 Å². The molecule has 1 saturated heterocycles. The molecule has 1 atom stereocenters. The van der Waals surface area contributed by atoms with E-state index in [0.717, 1.165) is 42.8 Å². The lowest BCUT2D eigenvalue weighted by atomic mass is 10.0. The van der Waals surface area contributed by atoms with Crippen LogP contribution in [-0.2, 0) is 11.3 Å². The van der Waals surface area contributed by atoms with Gasteiger partial charge in [0, 0.05) is 11.1 Å². The summed E-state index contributed by atoms with van der Waals surface area (Å²) in [5.74, 6) is 0.0201. The summed E-state index contributed by atoms with van der Waals surface area (Å²) >= 11 is 1.11. The molecule has 2 heterocycles. The van der Waals surface area contributed by atoms with Crippen LogP contribution in [0.15, 0.2) is 10.2 Å². The average molecular weight is 241 g/mol. The summed E-state index contributed by atoms with van der Waals surface area (Å²) in [6.45, 7) is 1.31. The fraction of sp³-hybridized carbons (Fsp3) is 0.600. The van der Waals surface area contributed by atoms with Crippen LogP contribution in [0.2, 0.25) is 0 Å². The summed E-state index contributed by atoms with van der Waals surface area (Å²) in [5, 5.41) is 7.73. The van der Waals surface area contributed by atoms with Gasteiger partial charge in [0.25, 0.3) is 0 Å². The average Bonchev–Trinajstić information content (AvgIpc) is 2.73. The Morgan fingerprint density at radius 2 is 2.44 bits per heavy atom. The van der Waals surface area contributed by atoms with Crippen LogP contribution in [0.4, 0.5) is 0 Å². The lowest BCUT2D eigenvalue weighted by molar-refractivity contribution is -0.123. The highest BCUT2D eigenvalue weighted by Gasteiger charge is 2.19. The zero-order valence-electron chi connectivity index (χ0n) is 8.91. The minimum absolute atomic E-state index is 0.0201. The normalized spacial score (nSPS) is 20.6. The van der Waals surface area contributed by atoms with Gasteiger partial charge < -0.3 is 15.6 Å². The maximum Gasteiger partial charge on any atom is 0.304 e. The van der Waals surface area contributed by atoms with Gasteiger partial charge in [-0.15, -0.1) is 0 Å². The Labute approximate surface area is 97.3 Å². The Morgan fingerprint density at radius 3 is 3.06 bits per heavy atom. The first-order valence-electron chi connectivity index (χ1n) is 5.43. The van der Waals surface area contributed by atoms with Crippen molar-refractivity contribution in [1.82, 2.24) is 15.6 Å². The van der Waals surface area contributed by atoms with Crippen LogP contribution in [0.3, 0.4) is 0 Å². The number of carbonyl (C=O) groups is 1. The highest BCUT2D eigenvalue weighted by Crippen LogP contribution is 2.07. The zero-order chi connectivity index (χ0) is 11.4. The molecule has 0 radical (unpaired) electrons. The van der Waals surface area contributed by atoms with Gasteiger partial charge in [-0.2, -0.15) is 0 Å². The number of nitrogens with one attached hydrogen (secondary N) is 3. The molecule has 0 aromatic carbocycles. The Kier molecular flexibility index (Phi) is 3.74. The van der Waals surface area contributed by atoms with Crippen molar-refractivity contribution in [3.63, 3.8) is 0 Å². The molecular weight excluding hydrogens is 226 g/mol. The minimum atomic E-state index is -0.0833. The fourth-order valence-electron chi connectivity index (χ4n) is 1.78. The Bertz CT molecular complexity index is 406. The molecule has 5 nitrogen and oxygen atoms in total. The van der Waals surface area contributed by atoms with E-state index in [1.165, 1.54) is 0 Å². The molecule has 1 aliphatic heterocycles. The molecule has 6 heteroatoms. The molecule has 0 aliphatic carbocycles. The third kappa shape index (κ3) is 2.93. The molecule has 0 spiro atoms. The number of rotatable bonds is 3. The van der Waals surface area contributed by atoms with Gasteiger partial charge in [-0.25, -0.2) is 0 Å². The van der Waals surface area contributed by atoms with Gasteiger partial charge in [0.2, 0.25) is 5.91 Å². The van der Waals surface area contributed by atoms with E-state index in [2.05, 4.69) is 15.6 Å². The van der Waals surface area contributed by atoms with Crippen molar-refractivity contribution in [2.75, 3.05) is 6.54 Å². The first-order chi connectivity index (χ1) is 7.75. The van der Waals surface area contributed by atoms with E-state index < -0.39 is 0 Å². The Morgan fingerprint density at radius 1 is 1.56 bits per heavy atom. The fourth-order valence-corrected chi connectivity index (χ4v) is 2.36. The van der Waals surface area contributed by atoms with Crippen LogP contribution in [0.1, 0.15) is 25.0 Å². The van der Waals surface area contributed by atoms with Gasteiger partial charge in [-0.05, 0) is 19.4 Å². The number of hydrogen-bond donors (Lipinski definition) is 3. The van der Waals surface area contributed by atoms with Gasteiger partial charge in [0.15, 0.2) is 0 Å². The molecule has 1 aliphatic rings. The van der Waals surface area contributed by atoms with Crippen molar-refractivity contribution in [3.8, 4) is 0 Å². The number of carbonyl (C=O) groups excluding carboxylic acids is 1. The van der Waals surface area contributed by atoms with Crippen molar-refractivity contribution < 1.29 is 4.79 Å². The Balaban J connectivity index is 1.81. The molecule has 1 aromatic heterocycles.